The molecule has 1 N–H and O–H groups in total. The lowest BCUT2D eigenvalue weighted by atomic mass is 9.86. The Morgan fingerprint density at radius 3 is 2.54 bits per heavy atom. The van der Waals surface area contributed by atoms with Crippen molar-refractivity contribution >= 4 is 17.3 Å². The van der Waals surface area contributed by atoms with Gasteiger partial charge in [-0.15, -0.1) is 11.3 Å². The van der Waals surface area contributed by atoms with Gasteiger partial charge in [0.25, 0.3) is 0 Å². The number of rotatable bonds is 10. The minimum absolute atomic E-state index is 0.0442. The average Bonchev–Trinajstić information content (AvgIpc) is 3.36. The molecule has 1 aliphatic rings. The topological polar surface area (TPSA) is 81.4 Å². The number of ether oxygens (including phenoxy) is 1. The Morgan fingerprint density at radius 2 is 1.94 bits per heavy atom. The Kier molecular flexibility index (Phi) is 7.75. The number of pyridine rings is 1. The van der Waals surface area contributed by atoms with Crippen LogP contribution in [-0.4, -0.2) is 27.2 Å². The predicted octanol–water partition coefficient (Wildman–Crippen LogP) is 6.69. The molecule has 3 aromatic rings. The minimum Gasteiger partial charge on any atom is -0.493 e. The molecule has 4 rings (SSSR count). The molecule has 7 heteroatoms. The van der Waals surface area contributed by atoms with Crippen LogP contribution >= 0.6 is 11.3 Å². The SMILES string of the molecule is CCCC(CCC)COc1cc2c(cc1-c1nccs1)-c1cc(=O)c(C(=O)O)cn1C(C(C)C)C2. The Morgan fingerprint density at radius 1 is 1.20 bits per heavy atom. The zero-order chi connectivity index (χ0) is 25.1. The fourth-order valence-electron chi connectivity index (χ4n) is 5.09. The molecule has 0 aliphatic carbocycles. The first kappa shape index (κ1) is 25.2. The molecule has 0 spiro atoms. The summed E-state index contributed by atoms with van der Waals surface area (Å²) in [5.74, 6) is 0.408. The van der Waals surface area contributed by atoms with Crippen molar-refractivity contribution < 1.29 is 14.6 Å². The van der Waals surface area contributed by atoms with Gasteiger partial charge >= 0.3 is 5.97 Å². The Bertz CT molecular complexity index is 1240. The number of hydrogen-bond donors (Lipinski definition) is 1. The summed E-state index contributed by atoms with van der Waals surface area (Å²) in [6, 6.07) is 5.71. The third kappa shape index (κ3) is 5.20. The number of hydrogen-bond acceptors (Lipinski definition) is 5. The van der Waals surface area contributed by atoms with Crippen LogP contribution in [0.4, 0.5) is 0 Å². The number of benzene rings is 1. The summed E-state index contributed by atoms with van der Waals surface area (Å²) >= 11 is 1.55. The van der Waals surface area contributed by atoms with Gasteiger partial charge in [0.15, 0.2) is 5.43 Å². The molecule has 0 saturated heterocycles. The van der Waals surface area contributed by atoms with Gasteiger partial charge in [-0.05, 0) is 48.8 Å². The maximum atomic E-state index is 12.7. The van der Waals surface area contributed by atoms with Gasteiger partial charge in [0.05, 0.1) is 17.9 Å². The zero-order valence-electron chi connectivity index (χ0n) is 20.9. The van der Waals surface area contributed by atoms with Crippen LogP contribution in [0.15, 0.2) is 40.8 Å². The molecule has 6 nitrogen and oxygen atoms in total. The van der Waals surface area contributed by atoms with Gasteiger partial charge < -0.3 is 14.4 Å². The second kappa shape index (κ2) is 10.8. The van der Waals surface area contributed by atoms with Gasteiger partial charge in [0, 0.05) is 35.4 Å². The molecule has 0 fully saturated rings. The van der Waals surface area contributed by atoms with E-state index in [4.69, 9.17) is 4.74 Å². The van der Waals surface area contributed by atoms with E-state index in [2.05, 4.69) is 44.8 Å². The van der Waals surface area contributed by atoms with E-state index >= 15 is 0 Å². The summed E-state index contributed by atoms with van der Waals surface area (Å²) in [5.41, 5.74) is 3.04. The van der Waals surface area contributed by atoms with E-state index < -0.39 is 11.4 Å². The summed E-state index contributed by atoms with van der Waals surface area (Å²) in [7, 11) is 0. The summed E-state index contributed by atoms with van der Waals surface area (Å²) in [6.45, 7) is 9.34. The highest BCUT2D eigenvalue weighted by Gasteiger charge is 2.29. The normalized spacial score (nSPS) is 14.7. The van der Waals surface area contributed by atoms with Crippen LogP contribution in [0, 0.1) is 11.8 Å². The molecule has 186 valence electrons. The highest BCUT2D eigenvalue weighted by Crippen LogP contribution is 2.43. The van der Waals surface area contributed by atoms with Crippen molar-refractivity contribution in [3.8, 4) is 27.6 Å². The van der Waals surface area contributed by atoms with E-state index in [9.17, 15) is 14.7 Å². The zero-order valence-corrected chi connectivity index (χ0v) is 21.7. The summed E-state index contributed by atoms with van der Waals surface area (Å²) in [4.78, 5) is 28.9. The smallest absolute Gasteiger partial charge is 0.341 e. The third-order valence-electron chi connectivity index (χ3n) is 6.88. The van der Waals surface area contributed by atoms with E-state index in [1.165, 1.54) is 12.3 Å². The number of carboxylic acids is 1. The largest absolute Gasteiger partial charge is 0.493 e. The molecule has 2 aromatic heterocycles. The molecule has 1 aliphatic heterocycles. The number of fused-ring (bicyclic) bond motifs is 3. The van der Waals surface area contributed by atoms with Crippen LogP contribution < -0.4 is 10.2 Å². The molecule has 35 heavy (non-hydrogen) atoms. The maximum Gasteiger partial charge on any atom is 0.341 e. The monoisotopic (exact) mass is 494 g/mol. The molecule has 0 bridgehead atoms. The highest BCUT2D eigenvalue weighted by atomic mass is 32.1. The van der Waals surface area contributed by atoms with Crippen LogP contribution in [0.3, 0.4) is 0 Å². The first-order valence-electron chi connectivity index (χ1n) is 12.5. The van der Waals surface area contributed by atoms with Crippen LogP contribution in [0.5, 0.6) is 5.75 Å². The Hall–Kier alpha value is -2.93. The van der Waals surface area contributed by atoms with Crippen LogP contribution in [0.1, 0.15) is 75.3 Å². The van der Waals surface area contributed by atoms with Crippen LogP contribution in [0.2, 0.25) is 0 Å². The lowest BCUT2D eigenvalue weighted by Crippen LogP contribution is -2.28. The molecule has 1 unspecified atom stereocenters. The van der Waals surface area contributed by atoms with Gasteiger partial charge in [-0.2, -0.15) is 0 Å². The summed E-state index contributed by atoms with van der Waals surface area (Å²) < 4.78 is 8.45. The second-order valence-electron chi connectivity index (χ2n) is 9.76. The van der Waals surface area contributed by atoms with E-state index in [0.29, 0.717) is 12.5 Å². The van der Waals surface area contributed by atoms with Gasteiger partial charge in [-0.25, -0.2) is 9.78 Å². The van der Waals surface area contributed by atoms with E-state index in [-0.39, 0.29) is 17.5 Å². The number of carbonyl (C=O) groups is 1. The molecule has 3 heterocycles. The molecular weight excluding hydrogens is 460 g/mol. The van der Waals surface area contributed by atoms with Gasteiger partial charge in [0.1, 0.15) is 16.3 Å². The lowest BCUT2D eigenvalue weighted by molar-refractivity contribution is 0.0694. The van der Waals surface area contributed by atoms with E-state index in [0.717, 1.165) is 65.2 Å². The van der Waals surface area contributed by atoms with Crippen molar-refractivity contribution in [1.82, 2.24) is 9.55 Å². The second-order valence-corrected chi connectivity index (χ2v) is 10.7. The van der Waals surface area contributed by atoms with Crippen molar-refractivity contribution in [2.45, 2.75) is 65.8 Å². The van der Waals surface area contributed by atoms with Crippen LogP contribution in [0.25, 0.3) is 21.8 Å². The number of aromatic nitrogens is 2. The van der Waals surface area contributed by atoms with E-state index in [1.54, 1.807) is 17.5 Å². The molecule has 0 saturated carbocycles. The third-order valence-corrected chi connectivity index (χ3v) is 7.68. The molecule has 0 amide bonds. The molecule has 1 aromatic carbocycles. The standard InChI is InChI=1S/C28H34N2O4S/c1-5-7-18(8-6-2)16-34-26-12-19-11-23(17(3)4)30-15-22(28(32)33)25(31)14-24(30)20(19)13-21(26)27-29-9-10-35-27/h9-10,12-15,17-18,23H,5-8,11,16H2,1-4H3,(H,32,33). The fourth-order valence-corrected chi connectivity index (χ4v) is 5.75. The van der Waals surface area contributed by atoms with E-state index in [1.807, 2.05) is 9.95 Å². The Balaban J connectivity index is 1.84. The lowest BCUT2D eigenvalue weighted by Gasteiger charge is -2.34. The summed E-state index contributed by atoms with van der Waals surface area (Å²) in [6.07, 6.45) is 8.60. The predicted molar refractivity (Wildman–Crippen MR) is 141 cm³/mol. The van der Waals surface area contributed by atoms with Crippen molar-refractivity contribution in [1.29, 1.82) is 0 Å². The van der Waals surface area contributed by atoms with Crippen molar-refractivity contribution in [3.63, 3.8) is 0 Å². The summed E-state index contributed by atoms with van der Waals surface area (Å²) in [5, 5.41) is 12.4. The minimum atomic E-state index is -1.19. The maximum absolute atomic E-state index is 12.7. The molecular formula is C28H34N2O4S. The quantitative estimate of drug-likeness (QED) is 0.340. The highest BCUT2D eigenvalue weighted by molar-refractivity contribution is 7.13. The fraction of sp³-hybridized carbons (Fsp3) is 0.464. The first-order valence-corrected chi connectivity index (χ1v) is 13.4. The van der Waals surface area contributed by atoms with Crippen molar-refractivity contribution in [2.75, 3.05) is 6.61 Å². The van der Waals surface area contributed by atoms with Crippen molar-refractivity contribution in [2.24, 2.45) is 11.8 Å². The molecule has 0 radical (unpaired) electrons. The number of nitrogens with zero attached hydrogens (tertiary/aromatic N) is 2. The van der Waals surface area contributed by atoms with Gasteiger partial charge in [0.2, 0.25) is 0 Å². The molecule has 1 atom stereocenters. The Labute approximate surface area is 210 Å². The number of thiazole rings is 1. The van der Waals surface area contributed by atoms with Gasteiger partial charge in [-0.3, -0.25) is 4.79 Å². The number of carboxylic acid groups (broad SMARTS) is 1. The first-order chi connectivity index (χ1) is 16.8. The number of aromatic carboxylic acids is 1. The van der Waals surface area contributed by atoms with Crippen molar-refractivity contribution in [3.05, 3.63) is 57.3 Å². The van der Waals surface area contributed by atoms with Gasteiger partial charge in [-0.1, -0.05) is 40.5 Å². The van der Waals surface area contributed by atoms with Crippen LogP contribution in [-0.2, 0) is 6.42 Å². The average molecular weight is 495 g/mol.